The summed E-state index contributed by atoms with van der Waals surface area (Å²) in [4.78, 5) is 14.7. The Morgan fingerprint density at radius 3 is 2.72 bits per heavy atom. The number of fused-ring (bicyclic) bond motifs is 2. The van der Waals surface area contributed by atoms with Gasteiger partial charge in [0, 0.05) is 31.4 Å². The van der Waals surface area contributed by atoms with Crippen molar-refractivity contribution in [1.29, 1.82) is 0 Å². The number of amides is 1. The van der Waals surface area contributed by atoms with Crippen LogP contribution in [0.1, 0.15) is 29.8 Å². The molecule has 0 saturated carbocycles. The number of rotatable bonds is 2. The van der Waals surface area contributed by atoms with E-state index in [1.807, 2.05) is 11.0 Å². The maximum Gasteiger partial charge on any atom is 0.274 e. The highest BCUT2D eigenvalue weighted by Crippen LogP contribution is 2.25. The molecule has 2 saturated heterocycles. The van der Waals surface area contributed by atoms with Crippen molar-refractivity contribution >= 4 is 41.5 Å². The Morgan fingerprint density at radius 1 is 1.12 bits per heavy atom. The van der Waals surface area contributed by atoms with Crippen molar-refractivity contribution in [3.63, 3.8) is 0 Å². The minimum Gasteiger partial charge on any atom is -0.336 e. The fraction of sp³-hybridized carbons (Fsp3) is 0.412. The molecule has 8 heteroatoms. The van der Waals surface area contributed by atoms with E-state index >= 15 is 0 Å². The monoisotopic (exact) mass is 400 g/mol. The van der Waals surface area contributed by atoms with E-state index in [-0.39, 0.29) is 18.3 Å². The average molecular weight is 402 g/mol. The molecule has 25 heavy (non-hydrogen) atoms. The number of hydrogen-bond donors (Lipinski definition) is 1. The molecule has 1 N–H and O–H groups in total. The number of carbonyl (C=O) groups is 1. The zero-order valence-corrected chi connectivity index (χ0v) is 15.8. The molecule has 3 heterocycles. The fourth-order valence-corrected chi connectivity index (χ4v) is 3.79. The van der Waals surface area contributed by atoms with Crippen LogP contribution in [0.2, 0.25) is 10.0 Å². The second kappa shape index (κ2) is 7.54. The highest BCUT2D eigenvalue weighted by molar-refractivity contribution is 6.42. The molecule has 1 aromatic heterocycles. The Hall–Kier alpha value is -1.27. The summed E-state index contributed by atoms with van der Waals surface area (Å²) in [5.74, 6) is -0.0110. The molecule has 2 aromatic rings. The number of nitrogens with zero attached hydrogens (tertiary/aromatic N) is 3. The van der Waals surface area contributed by atoms with Gasteiger partial charge >= 0.3 is 0 Å². The van der Waals surface area contributed by atoms with E-state index < -0.39 is 0 Å². The summed E-state index contributed by atoms with van der Waals surface area (Å²) in [7, 11) is 0. The zero-order chi connectivity index (χ0) is 16.7. The highest BCUT2D eigenvalue weighted by atomic mass is 35.5. The second-order valence-electron chi connectivity index (χ2n) is 6.42. The van der Waals surface area contributed by atoms with Crippen molar-refractivity contribution in [3.05, 3.63) is 46.2 Å². The van der Waals surface area contributed by atoms with Crippen molar-refractivity contribution in [2.45, 2.75) is 31.3 Å². The highest BCUT2D eigenvalue weighted by Gasteiger charge is 2.32. The van der Waals surface area contributed by atoms with Gasteiger partial charge in [-0.3, -0.25) is 4.79 Å². The van der Waals surface area contributed by atoms with E-state index in [0.29, 0.717) is 27.8 Å². The van der Waals surface area contributed by atoms with Crippen LogP contribution in [0.3, 0.4) is 0 Å². The number of aromatic nitrogens is 2. The van der Waals surface area contributed by atoms with Crippen LogP contribution in [0.15, 0.2) is 30.5 Å². The first kappa shape index (κ1) is 18.5. The number of halogens is 3. The molecule has 2 aliphatic heterocycles. The van der Waals surface area contributed by atoms with Gasteiger partial charge in [-0.2, -0.15) is 5.10 Å². The molecule has 1 amide bonds. The maximum absolute atomic E-state index is 12.8. The van der Waals surface area contributed by atoms with Gasteiger partial charge < -0.3 is 10.2 Å². The number of carbonyl (C=O) groups excluding carboxylic acids is 1. The predicted octanol–water partition coefficient (Wildman–Crippen LogP) is 3.57. The molecule has 2 aliphatic rings. The third-order valence-electron chi connectivity index (χ3n) is 4.79. The number of benzene rings is 1. The van der Waals surface area contributed by atoms with Gasteiger partial charge in [0.05, 0.1) is 15.7 Å². The zero-order valence-electron chi connectivity index (χ0n) is 13.5. The minimum absolute atomic E-state index is 0. The van der Waals surface area contributed by atoms with Crippen LogP contribution in [-0.4, -0.2) is 45.8 Å². The quantitative estimate of drug-likeness (QED) is 0.837. The van der Waals surface area contributed by atoms with Gasteiger partial charge in [0.15, 0.2) is 5.69 Å². The van der Waals surface area contributed by atoms with Gasteiger partial charge in [0.25, 0.3) is 5.91 Å². The fourth-order valence-electron chi connectivity index (χ4n) is 3.50. The molecule has 2 fully saturated rings. The Kier molecular flexibility index (Phi) is 5.58. The van der Waals surface area contributed by atoms with Crippen LogP contribution in [0.5, 0.6) is 0 Å². The summed E-state index contributed by atoms with van der Waals surface area (Å²) in [6, 6.07) is 8.01. The lowest BCUT2D eigenvalue weighted by atomic mass is 10.1. The summed E-state index contributed by atoms with van der Waals surface area (Å²) >= 11 is 12.0. The Labute approximate surface area is 162 Å². The van der Waals surface area contributed by atoms with Crippen molar-refractivity contribution in [2.24, 2.45) is 0 Å². The van der Waals surface area contributed by atoms with Gasteiger partial charge in [-0.15, -0.1) is 12.4 Å². The first-order valence-electron chi connectivity index (χ1n) is 8.16. The average Bonchev–Trinajstić information content (AvgIpc) is 3.16. The van der Waals surface area contributed by atoms with Gasteiger partial charge in [-0.1, -0.05) is 23.2 Å². The third-order valence-corrected chi connectivity index (χ3v) is 5.53. The van der Waals surface area contributed by atoms with Crippen LogP contribution >= 0.6 is 35.6 Å². The van der Waals surface area contributed by atoms with Crippen molar-refractivity contribution < 1.29 is 4.79 Å². The second-order valence-corrected chi connectivity index (χ2v) is 7.24. The largest absolute Gasteiger partial charge is 0.336 e. The number of likely N-dealkylation sites (tertiary alicyclic amines) is 1. The molecule has 2 atom stereocenters. The Morgan fingerprint density at radius 2 is 1.92 bits per heavy atom. The molecule has 0 radical (unpaired) electrons. The van der Waals surface area contributed by atoms with Crippen LogP contribution in [0, 0.1) is 0 Å². The number of hydrogen-bond acceptors (Lipinski definition) is 3. The molecule has 0 spiro atoms. The molecule has 2 bridgehead atoms. The minimum atomic E-state index is -0.0110. The summed E-state index contributed by atoms with van der Waals surface area (Å²) in [6.45, 7) is 1.54. The van der Waals surface area contributed by atoms with E-state index in [9.17, 15) is 4.79 Å². The van der Waals surface area contributed by atoms with Crippen LogP contribution in [0.4, 0.5) is 0 Å². The van der Waals surface area contributed by atoms with Gasteiger partial charge in [0.1, 0.15) is 0 Å². The Bertz CT molecular complexity index is 779. The maximum atomic E-state index is 12.8. The first-order chi connectivity index (χ1) is 11.6. The molecule has 0 aliphatic carbocycles. The standard InChI is InChI=1S/C17H18Cl2N4O.ClH/c18-14-4-3-13(9-15(14)19)23-8-6-16(21-23)17(24)22-7-5-11-1-2-12(10-22)20-11;/h3-4,6,8-9,11-12,20H,1-2,5,7,10H2;1H. The first-order valence-corrected chi connectivity index (χ1v) is 8.92. The lowest BCUT2D eigenvalue weighted by Crippen LogP contribution is -2.39. The van der Waals surface area contributed by atoms with E-state index in [0.717, 1.165) is 31.6 Å². The van der Waals surface area contributed by atoms with Gasteiger partial charge in [0.2, 0.25) is 0 Å². The smallest absolute Gasteiger partial charge is 0.274 e. The molecule has 4 rings (SSSR count). The summed E-state index contributed by atoms with van der Waals surface area (Å²) in [5.41, 5.74) is 1.24. The molecular weight excluding hydrogens is 383 g/mol. The predicted molar refractivity (Wildman–Crippen MR) is 101 cm³/mol. The molecule has 134 valence electrons. The van der Waals surface area contributed by atoms with E-state index in [2.05, 4.69) is 10.4 Å². The molecular formula is C17H19Cl3N4O. The molecule has 5 nitrogen and oxygen atoms in total. The summed E-state index contributed by atoms with van der Waals surface area (Å²) in [6.07, 6.45) is 5.15. The van der Waals surface area contributed by atoms with Crippen molar-refractivity contribution in [1.82, 2.24) is 20.0 Å². The molecule has 2 unspecified atom stereocenters. The lowest BCUT2D eigenvalue weighted by molar-refractivity contribution is 0.0742. The Balaban J connectivity index is 0.00000182. The third kappa shape index (κ3) is 3.80. The summed E-state index contributed by atoms with van der Waals surface area (Å²) in [5, 5.41) is 8.97. The van der Waals surface area contributed by atoms with E-state index in [1.165, 1.54) is 6.42 Å². The van der Waals surface area contributed by atoms with Crippen molar-refractivity contribution in [3.8, 4) is 5.69 Å². The molecule has 1 aromatic carbocycles. The topological polar surface area (TPSA) is 50.2 Å². The summed E-state index contributed by atoms with van der Waals surface area (Å²) < 4.78 is 1.65. The van der Waals surface area contributed by atoms with Crippen molar-refractivity contribution in [2.75, 3.05) is 13.1 Å². The van der Waals surface area contributed by atoms with Crippen LogP contribution < -0.4 is 5.32 Å². The van der Waals surface area contributed by atoms with E-state index in [4.69, 9.17) is 23.2 Å². The van der Waals surface area contributed by atoms with Crippen LogP contribution in [-0.2, 0) is 0 Å². The van der Waals surface area contributed by atoms with Gasteiger partial charge in [-0.25, -0.2) is 4.68 Å². The van der Waals surface area contributed by atoms with Gasteiger partial charge in [-0.05, 0) is 43.5 Å². The van der Waals surface area contributed by atoms with Crippen LogP contribution in [0.25, 0.3) is 5.69 Å². The SMILES string of the molecule is Cl.O=C(c1ccn(-c2ccc(Cl)c(Cl)c2)n1)N1CCC2CCC(C1)N2. The van der Waals surface area contributed by atoms with E-state index in [1.54, 1.807) is 29.1 Å². The number of nitrogens with one attached hydrogen (secondary N) is 1. The normalized spacial score (nSPS) is 22.4. The lowest BCUT2D eigenvalue weighted by Gasteiger charge is -2.23.